The van der Waals surface area contributed by atoms with E-state index in [1.165, 1.54) is 6.07 Å². The van der Waals surface area contributed by atoms with Crippen molar-refractivity contribution in [1.82, 2.24) is 24.8 Å². The fourth-order valence-corrected chi connectivity index (χ4v) is 6.38. The zero-order chi connectivity index (χ0) is 32.1. The van der Waals surface area contributed by atoms with E-state index in [9.17, 15) is 9.90 Å². The van der Waals surface area contributed by atoms with Crippen LogP contribution in [0, 0.1) is 17.7 Å². The van der Waals surface area contributed by atoms with Gasteiger partial charge in [0.1, 0.15) is 17.7 Å². The average molecular weight is 626 g/mol. The smallest absolute Gasteiger partial charge is 0.309 e. The summed E-state index contributed by atoms with van der Waals surface area (Å²) in [4.78, 5) is 17.4. The number of aromatic nitrogens is 3. The molecule has 10 nitrogen and oxygen atoms in total. The van der Waals surface area contributed by atoms with E-state index in [4.69, 9.17) is 14.2 Å². The largest absolute Gasteiger partial charge is 0.472 e. The van der Waals surface area contributed by atoms with E-state index < -0.39 is 24.0 Å². The van der Waals surface area contributed by atoms with Crippen molar-refractivity contribution in [2.75, 3.05) is 46.4 Å². The van der Waals surface area contributed by atoms with Crippen LogP contribution in [0.15, 0.2) is 42.3 Å². The minimum Gasteiger partial charge on any atom is -0.472 e. The van der Waals surface area contributed by atoms with Crippen LogP contribution in [0.1, 0.15) is 64.5 Å². The van der Waals surface area contributed by atoms with E-state index in [1.807, 2.05) is 38.1 Å². The van der Waals surface area contributed by atoms with E-state index in [0.717, 1.165) is 44.6 Å². The van der Waals surface area contributed by atoms with Crippen LogP contribution in [-0.4, -0.2) is 101 Å². The van der Waals surface area contributed by atoms with Crippen LogP contribution >= 0.6 is 0 Å². The molecule has 2 saturated heterocycles. The molecule has 0 spiro atoms. The van der Waals surface area contributed by atoms with Gasteiger partial charge in [-0.15, -0.1) is 5.10 Å². The van der Waals surface area contributed by atoms with Gasteiger partial charge in [0.15, 0.2) is 11.7 Å². The molecule has 0 aliphatic carbocycles. The Bertz CT molecular complexity index is 1390. The van der Waals surface area contributed by atoms with Crippen molar-refractivity contribution in [2.45, 2.75) is 77.2 Å². The van der Waals surface area contributed by atoms with Crippen molar-refractivity contribution >= 4 is 23.1 Å². The summed E-state index contributed by atoms with van der Waals surface area (Å²) < 4.78 is 34.9. The Hall–Kier alpha value is -3.28. The van der Waals surface area contributed by atoms with Gasteiger partial charge < -0.3 is 29.1 Å². The van der Waals surface area contributed by atoms with Crippen molar-refractivity contribution in [1.29, 1.82) is 0 Å². The summed E-state index contributed by atoms with van der Waals surface area (Å²) in [7, 11) is 2.11. The number of rotatable bonds is 6. The Morgan fingerprint density at radius 2 is 1.84 bits per heavy atom. The van der Waals surface area contributed by atoms with E-state index >= 15 is 4.39 Å². The molecule has 1 aromatic heterocycles. The van der Waals surface area contributed by atoms with Gasteiger partial charge in [0.25, 0.3) is 0 Å². The number of cyclic esters (lactones) is 1. The molecular weight excluding hydrogens is 577 g/mol. The quantitative estimate of drug-likeness (QED) is 0.278. The molecule has 45 heavy (non-hydrogen) atoms. The second-order valence-electron chi connectivity index (χ2n) is 13.0. The van der Waals surface area contributed by atoms with Crippen LogP contribution in [0.2, 0.25) is 0 Å². The Morgan fingerprint density at radius 3 is 2.58 bits per heavy atom. The zero-order valence-electron chi connectivity index (χ0n) is 27.0. The Kier molecular flexibility index (Phi) is 10.9. The third kappa shape index (κ3) is 8.31. The van der Waals surface area contributed by atoms with Crippen LogP contribution in [0.4, 0.5) is 4.39 Å². The number of hydrogen-bond acceptors (Lipinski definition) is 9. The third-order valence-electron chi connectivity index (χ3n) is 9.32. The summed E-state index contributed by atoms with van der Waals surface area (Å²) in [6.45, 7) is 15.1. The number of benzene rings is 1. The summed E-state index contributed by atoms with van der Waals surface area (Å²) in [5, 5.41) is 19.1. The van der Waals surface area contributed by atoms with Crippen molar-refractivity contribution in [3.05, 3.63) is 53.7 Å². The highest BCUT2D eigenvalue weighted by molar-refractivity contribution is 5.79. The van der Waals surface area contributed by atoms with Gasteiger partial charge in [-0.25, -0.2) is 9.07 Å². The van der Waals surface area contributed by atoms with E-state index in [2.05, 4.69) is 40.7 Å². The number of likely N-dealkylation sites (N-methyl/N-ethyl adjacent to an activating group) is 1. The predicted octanol–water partition coefficient (Wildman–Crippen LogP) is 4.71. The van der Waals surface area contributed by atoms with E-state index in [0.29, 0.717) is 43.0 Å². The number of carbonyl (C=O) groups excluding carboxylic acids is 1. The Labute approximate surface area is 265 Å². The summed E-state index contributed by atoms with van der Waals surface area (Å²) in [5.41, 5.74) is 2.24. The van der Waals surface area contributed by atoms with Gasteiger partial charge in [0.2, 0.25) is 0 Å². The van der Waals surface area contributed by atoms with Crippen molar-refractivity contribution in [3.63, 3.8) is 0 Å². The van der Waals surface area contributed by atoms with Crippen LogP contribution in [-0.2, 0) is 19.0 Å². The molecule has 11 heteroatoms. The van der Waals surface area contributed by atoms with Gasteiger partial charge in [-0.3, -0.25) is 4.79 Å². The number of esters is 1. The van der Waals surface area contributed by atoms with E-state index in [1.54, 1.807) is 4.68 Å². The molecule has 5 rings (SSSR count). The lowest BCUT2D eigenvalue weighted by Crippen LogP contribution is -2.44. The van der Waals surface area contributed by atoms with Crippen molar-refractivity contribution in [3.8, 4) is 0 Å². The first-order chi connectivity index (χ1) is 21.6. The number of fused-ring (bicyclic) bond motifs is 1. The fraction of sp³-hybridized carbons (Fsp3) is 0.618. The number of hydrogen-bond donors (Lipinski definition) is 1. The number of aliphatic hydroxyl groups is 1. The third-order valence-corrected chi connectivity index (χ3v) is 9.32. The maximum Gasteiger partial charge on any atom is 0.309 e. The van der Waals surface area contributed by atoms with Gasteiger partial charge in [-0.2, -0.15) is 0 Å². The van der Waals surface area contributed by atoms with Crippen molar-refractivity contribution < 1.29 is 28.5 Å². The Balaban J connectivity index is 1.40. The summed E-state index contributed by atoms with van der Waals surface area (Å²) in [5.74, 6) is -0.405. The minimum atomic E-state index is -0.820. The molecule has 1 aromatic carbocycles. The van der Waals surface area contributed by atoms with Crippen LogP contribution < -0.4 is 0 Å². The SMILES string of the molecule is C=C(O[C@H]1/C=C/C(C)[C@@H](/C(C)=C/c2cc(F)c3nnn(C4CCOCC4)c3c2)OC(=O)CC(O)CCC1C)N1CCN(C)CC1. The highest BCUT2D eigenvalue weighted by Gasteiger charge is 2.28. The normalized spacial score (nSPS) is 29.1. The zero-order valence-corrected chi connectivity index (χ0v) is 27.0. The highest BCUT2D eigenvalue weighted by Crippen LogP contribution is 2.29. The maximum atomic E-state index is 15.2. The molecule has 3 aliphatic heterocycles. The maximum absolute atomic E-state index is 15.2. The molecular formula is C34H48FN5O5. The minimum absolute atomic E-state index is 0.0849. The molecule has 4 heterocycles. The molecule has 0 radical (unpaired) electrons. The number of carbonyl (C=O) groups is 1. The summed E-state index contributed by atoms with van der Waals surface area (Å²) in [6, 6.07) is 3.41. The van der Waals surface area contributed by atoms with Gasteiger partial charge >= 0.3 is 5.97 Å². The second kappa shape index (κ2) is 14.9. The monoisotopic (exact) mass is 625 g/mol. The standard InChI is InChI=1S/C34H48FN5O5/c1-22-6-8-28(41)21-32(42)45-34(23(2)7-9-31(22)44-25(4)39-14-12-38(5)13-15-39)24(3)18-26-19-29(35)33-30(20-26)40(37-36-33)27-10-16-43-17-11-27/h7,9,18-20,22-23,27-28,31,34,41H,4,6,8,10-17,21H2,1-3,5H3/b9-7+,24-18+/t22?,23?,28?,31-,34-/m0/s1. The lowest BCUT2D eigenvalue weighted by Gasteiger charge is -2.36. The number of halogens is 1. The first-order valence-corrected chi connectivity index (χ1v) is 16.2. The van der Waals surface area contributed by atoms with Crippen LogP contribution in [0.5, 0.6) is 0 Å². The molecule has 3 unspecified atom stereocenters. The molecule has 0 amide bonds. The molecule has 0 bridgehead atoms. The predicted molar refractivity (Wildman–Crippen MR) is 171 cm³/mol. The molecule has 2 fully saturated rings. The summed E-state index contributed by atoms with van der Waals surface area (Å²) in [6.07, 6.45) is 6.82. The van der Waals surface area contributed by atoms with Crippen LogP contribution in [0.25, 0.3) is 17.1 Å². The number of nitrogens with zero attached hydrogens (tertiary/aromatic N) is 5. The number of piperazine rings is 1. The lowest BCUT2D eigenvalue weighted by atomic mass is 9.91. The van der Waals surface area contributed by atoms with Gasteiger partial charge in [-0.1, -0.05) is 31.2 Å². The topological polar surface area (TPSA) is 102 Å². The van der Waals surface area contributed by atoms with Gasteiger partial charge in [-0.05, 0) is 81.5 Å². The number of aliphatic hydroxyl groups excluding tert-OH is 1. The first kappa shape index (κ1) is 33.1. The summed E-state index contributed by atoms with van der Waals surface area (Å²) >= 11 is 0. The highest BCUT2D eigenvalue weighted by atomic mass is 19.1. The fourth-order valence-electron chi connectivity index (χ4n) is 6.38. The molecule has 5 atom stereocenters. The molecule has 3 aliphatic rings. The molecule has 1 N–H and O–H groups in total. The Morgan fingerprint density at radius 1 is 1.11 bits per heavy atom. The molecule has 0 saturated carbocycles. The van der Waals surface area contributed by atoms with Crippen molar-refractivity contribution in [2.24, 2.45) is 11.8 Å². The van der Waals surface area contributed by atoms with Crippen LogP contribution in [0.3, 0.4) is 0 Å². The second-order valence-corrected chi connectivity index (χ2v) is 13.0. The molecule has 2 aromatic rings. The first-order valence-electron chi connectivity index (χ1n) is 16.2. The molecule has 246 valence electrons. The number of ether oxygens (including phenoxy) is 3. The van der Waals surface area contributed by atoms with E-state index in [-0.39, 0.29) is 35.9 Å². The van der Waals surface area contributed by atoms with Gasteiger partial charge in [0, 0.05) is 45.3 Å². The lowest BCUT2D eigenvalue weighted by molar-refractivity contribution is -0.151. The van der Waals surface area contributed by atoms with Gasteiger partial charge in [0.05, 0.1) is 24.1 Å². The average Bonchev–Trinajstić information content (AvgIpc) is 3.45.